The molecular weight excluding hydrogens is 532 g/mol. The molecule has 184 valence electrons. The molecule has 3 aromatic carbocycles. The van der Waals surface area contributed by atoms with Gasteiger partial charge in [0.25, 0.3) is 5.91 Å². The number of aliphatic imine (C=N–C) groups is 1. The lowest BCUT2D eigenvalue weighted by Crippen LogP contribution is -2.44. The van der Waals surface area contributed by atoms with Crippen molar-refractivity contribution >= 4 is 50.5 Å². The molecular formula is C30H29BrN2O2S. The standard InChI is InChI=1S/C30H29BrN2O2S/c1-21-10-8-9-15-26(21)33-29(34)28(36-30(33)32-24-13-6-3-7-14-24)19-23-16-17-27(25(31)18-23)35-20-22-11-4-2-5-12-22/h2-7,11-14,16-19,21,26H,8-10,15,20H2,1H3/b28-19-,32-30?/t21-,26+/m0/s1. The van der Waals surface area contributed by atoms with E-state index in [4.69, 9.17) is 9.73 Å². The first-order chi connectivity index (χ1) is 17.6. The largest absolute Gasteiger partial charge is 0.488 e. The number of hydrogen-bond donors (Lipinski definition) is 0. The minimum absolute atomic E-state index is 0.0500. The zero-order valence-electron chi connectivity index (χ0n) is 20.3. The number of para-hydroxylation sites is 1. The van der Waals surface area contributed by atoms with Crippen molar-refractivity contribution in [2.45, 2.75) is 45.3 Å². The summed E-state index contributed by atoms with van der Waals surface area (Å²) in [5.74, 6) is 1.28. The number of halogens is 1. The first-order valence-electron chi connectivity index (χ1n) is 12.4. The Labute approximate surface area is 225 Å². The molecule has 1 saturated carbocycles. The van der Waals surface area contributed by atoms with Crippen LogP contribution < -0.4 is 4.74 Å². The molecule has 4 nitrogen and oxygen atoms in total. The Bertz CT molecular complexity index is 1280. The average Bonchev–Trinajstić information content (AvgIpc) is 3.19. The van der Waals surface area contributed by atoms with Gasteiger partial charge in [0.05, 0.1) is 15.1 Å². The summed E-state index contributed by atoms with van der Waals surface area (Å²) in [7, 11) is 0. The molecule has 2 atom stereocenters. The predicted molar refractivity (Wildman–Crippen MR) is 152 cm³/mol. The van der Waals surface area contributed by atoms with Crippen LogP contribution in [0.1, 0.15) is 43.7 Å². The van der Waals surface area contributed by atoms with Gasteiger partial charge < -0.3 is 4.74 Å². The third kappa shape index (κ3) is 5.76. The van der Waals surface area contributed by atoms with Gasteiger partial charge in [0.1, 0.15) is 12.4 Å². The average molecular weight is 562 g/mol. The lowest BCUT2D eigenvalue weighted by molar-refractivity contribution is -0.124. The van der Waals surface area contributed by atoms with Gasteiger partial charge in [-0.15, -0.1) is 0 Å². The van der Waals surface area contributed by atoms with E-state index >= 15 is 0 Å². The van der Waals surface area contributed by atoms with Crippen molar-refractivity contribution in [3.05, 3.63) is 99.4 Å². The van der Waals surface area contributed by atoms with Crippen LogP contribution in [0.25, 0.3) is 6.08 Å². The van der Waals surface area contributed by atoms with E-state index in [2.05, 4.69) is 22.9 Å². The van der Waals surface area contributed by atoms with Crippen LogP contribution in [-0.2, 0) is 11.4 Å². The summed E-state index contributed by atoms with van der Waals surface area (Å²) in [6.07, 6.45) is 6.51. The Kier molecular flexibility index (Phi) is 7.93. The van der Waals surface area contributed by atoms with E-state index in [1.807, 2.05) is 89.8 Å². The number of nitrogens with zero attached hydrogens (tertiary/aromatic N) is 2. The summed E-state index contributed by atoms with van der Waals surface area (Å²) in [4.78, 5) is 21.2. The van der Waals surface area contributed by atoms with Gasteiger partial charge in [-0.25, -0.2) is 4.99 Å². The molecule has 0 unspecified atom stereocenters. The number of thioether (sulfide) groups is 1. The van der Waals surface area contributed by atoms with Crippen LogP contribution in [0.5, 0.6) is 5.75 Å². The molecule has 0 aromatic heterocycles. The van der Waals surface area contributed by atoms with Crippen LogP contribution in [0.2, 0.25) is 0 Å². The molecule has 0 bridgehead atoms. The minimum Gasteiger partial charge on any atom is -0.488 e. The number of rotatable bonds is 6. The highest BCUT2D eigenvalue weighted by Crippen LogP contribution is 2.40. The Morgan fingerprint density at radius 3 is 2.47 bits per heavy atom. The van der Waals surface area contributed by atoms with Crippen LogP contribution in [0.15, 0.2) is 93.2 Å². The molecule has 0 spiro atoms. The highest BCUT2D eigenvalue weighted by molar-refractivity contribution is 9.10. The maximum atomic E-state index is 13.7. The van der Waals surface area contributed by atoms with E-state index in [0.29, 0.717) is 17.4 Å². The van der Waals surface area contributed by atoms with Gasteiger partial charge in [-0.2, -0.15) is 0 Å². The Morgan fingerprint density at radius 2 is 1.75 bits per heavy atom. The molecule has 2 aliphatic rings. The number of amides is 1. The Balaban J connectivity index is 1.39. The van der Waals surface area contributed by atoms with Crippen molar-refractivity contribution in [3.63, 3.8) is 0 Å². The Morgan fingerprint density at radius 1 is 1.03 bits per heavy atom. The zero-order chi connectivity index (χ0) is 24.9. The SMILES string of the molecule is C[C@H]1CCCC[C@H]1N1C(=O)/C(=C/c2ccc(OCc3ccccc3)c(Br)c2)SC1=Nc1ccccc1. The van der Waals surface area contributed by atoms with Gasteiger partial charge in [-0.1, -0.05) is 74.4 Å². The van der Waals surface area contributed by atoms with Crippen LogP contribution in [-0.4, -0.2) is 22.0 Å². The molecule has 1 amide bonds. The van der Waals surface area contributed by atoms with Crippen LogP contribution in [0, 0.1) is 5.92 Å². The molecule has 1 aliphatic carbocycles. The smallest absolute Gasteiger partial charge is 0.267 e. The topological polar surface area (TPSA) is 41.9 Å². The zero-order valence-corrected chi connectivity index (χ0v) is 22.7. The van der Waals surface area contributed by atoms with Crippen molar-refractivity contribution in [2.75, 3.05) is 0 Å². The second-order valence-corrected chi connectivity index (χ2v) is 11.2. The second-order valence-electron chi connectivity index (χ2n) is 9.31. The first kappa shape index (κ1) is 24.8. The summed E-state index contributed by atoms with van der Waals surface area (Å²) in [5, 5.41) is 0.776. The summed E-state index contributed by atoms with van der Waals surface area (Å²) in [5.41, 5.74) is 2.93. The number of ether oxygens (including phenoxy) is 1. The fourth-order valence-electron chi connectivity index (χ4n) is 4.76. The maximum absolute atomic E-state index is 13.7. The molecule has 1 heterocycles. The molecule has 6 heteroatoms. The summed E-state index contributed by atoms with van der Waals surface area (Å²) in [6.45, 7) is 2.76. The third-order valence-electron chi connectivity index (χ3n) is 6.71. The number of carbonyl (C=O) groups excluding carboxylic acids is 1. The van der Waals surface area contributed by atoms with E-state index in [0.717, 1.165) is 51.5 Å². The number of hydrogen-bond acceptors (Lipinski definition) is 4. The van der Waals surface area contributed by atoms with Gasteiger partial charge in [-0.3, -0.25) is 9.69 Å². The number of carbonyl (C=O) groups is 1. The molecule has 36 heavy (non-hydrogen) atoms. The number of benzene rings is 3. The fourth-order valence-corrected chi connectivity index (χ4v) is 6.32. The molecule has 1 saturated heterocycles. The molecule has 5 rings (SSSR count). The highest BCUT2D eigenvalue weighted by Gasteiger charge is 2.41. The van der Waals surface area contributed by atoms with Crippen molar-refractivity contribution in [1.29, 1.82) is 0 Å². The van der Waals surface area contributed by atoms with E-state index < -0.39 is 0 Å². The predicted octanol–water partition coefficient (Wildman–Crippen LogP) is 8.21. The van der Waals surface area contributed by atoms with Crippen molar-refractivity contribution in [3.8, 4) is 5.75 Å². The quantitative estimate of drug-likeness (QED) is 0.285. The maximum Gasteiger partial charge on any atom is 0.267 e. The monoisotopic (exact) mass is 560 g/mol. The van der Waals surface area contributed by atoms with E-state index in [1.165, 1.54) is 18.2 Å². The second kappa shape index (κ2) is 11.5. The summed E-state index contributed by atoms with van der Waals surface area (Å²) < 4.78 is 6.85. The van der Waals surface area contributed by atoms with Crippen molar-refractivity contribution < 1.29 is 9.53 Å². The van der Waals surface area contributed by atoms with Crippen LogP contribution in [0.3, 0.4) is 0 Å². The molecule has 0 N–H and O–H groups in total. The number of amidine groups is 1. The van der Waals surface area contributed by atoms with Crippen molar-refractivity contribution in [2.24, 2.45) is 10.9 Å². The third-order valence-corrected chi connectivity index (χ3v) is 8.31. The lowest BCUT2D eigenvalue weighted by Gasteiger charge is -2.35. The lowest BCUT2D eigenvalue weighted by atomic mass is 9.85. The van der Waals surface area contributed by atoms with Gasteiger partial charge >= 0.3 is 0 Å². The van der Waals surface area contributed by atoms with Crippen LogP contribution in [0.4, 0.5) is 5.69 Å². The van der Waals surface area contributed by atoms with E-state index in [-0.39, 0.29) is 11.9 Å². The van der Waals surface area contributed by atoms with Gasteiger partial charge in [0, 0.05) is 6.04 Å². The minimum atomic E-state index is 0.0500. The van der Waals surface area contributed by atoms with Crippen molar-refractivity contribution in [1.82, 2.24) is 4.90 Å². The Hall–Kier alpha value is -2.83. The summed E-state index contributed by atoms with van der Waals surface area (Å²) in [6, 6.07) is 26.1. The first-order valence-corrected chi connectivity index (χ1v) is 14.0. The van der Waals surface area contributed by atoms with Crippen LogP contribution >= 0.6 is 27.7 Å². The molecule has 0 radical (unpaired) electrons. The van der Waals surface area contributed by atoms with E-state index in [1.54, 1.807) is 0 Å². The molecule has 1 aliphatic heterocycles. The van der Waals surface area contributed by atoms with Gasteiger partial charge in [0.2, 0.25) is 0 Å². The van der Waals surface area contributed by atoms with Gasteiger partial charge in [-0.05, 0) is 87.9 Å². The van der Waals surface area contributed by atoms with Gasteiger partial charge in [0.15, 0.2) is 5.17 Å². The molecule has 2 fully saturated rings. The molecule has 3 aromatic rings. The normalized spacial score (nSPS) is 22.4. The fraction of sp³-hybridized carbons (Fsp3) is 0.267. The highest BCUT2D eigenvalue weighted by atomic mass is 79.9. The summed E-state index contributed by atoms with van der Waals surface area (Å²) >= 11 is 5.11. The van der Waals surface area contributed by atoms with E-state index in [9.17, 15) is 4.79 Å².